The van der Waals surface area contributed by atoms with E-state index >= 15 is 0 Å². The Labute approximate surface area is 130 Å². The third-order valence-corrected chi connectivity index (χ3v) is 5.78. The third kappa shape index (κ3) is 1.90. The number of rotatable bonds is 3. The van der Waals surface area contributed by atoms with Crippen LogP contribution in [0.15, 0.2) is 33.5 Å². The molecule has 108 valence electrons. The maximum absolute atomic E-state index is 9.69. The Morgan fingerprint density at radius 2 is 2.29 bits per heavy atom. The Morgan fingerprint density at radius 3 is 3.10 bits per heavy atom. The average Bonchev–Trinajstić information content (AvgIpc) is 3.20. The van der Waals surface area contributed by atoms with Gasteiger partial charge in [-0.15, -0.1) is 11.3 Å². The second kappa shape index (κ2) is 5.05. The highest BCUT2D eigenvalue weighted by molar-refractivity contribution is 8.17. The van der Waals surface area contributed by atoms with Crippen LogP contribution in [0.5, 0.6) is 5.75 Å². The summed E-state index contributed by atoms with van der Waals surface area (Å²) in [6.07, 6.45) is 0. The van der Waals surface area contributed by atoms with Crippen molar-refractivity contribution in [2.75, 3.05) is 26.8 Å². The first-order chi connectivity index (χ1) is 10.3. The normalized spacial score (nSPS) is 17.6. The smallest absolute Gasteiger partial charge is 0.168 e. The fraction of sp³-hybridized carbons (Fsp3) is 0.267. The van der Waals surface area contributed by atoms with Gasteiger partial charge < -0.3 is 14.7 Å². The summed E-state index contributed by atoms with van der Waals surface area (Å²) in [5.74, 6) is 0.899. The van der Waals surface area contributed by atoms with Crippen LogP contribution in [0.4, 0.5) is 0 Å². The predicted octanol–water partition coefficient (Wildman–Crippen LogP) is 2.99. The highest BCUT2D eigenvalue weighted by Crippen LogP contribution is 2.45. The predicted molar refractivity (Wildman–Crippen MR) is 89.0 cm³/mol. The van der Waals surface area contributed by atoms with Gasteiger partial charge in [-0.3, -0.25) is 4.99 Å². The van der Waals surface area contributed by atoms with Crippen molar-refractivity contribution in [3.8, 4) is 5.75 Å². The number of fused-ring (bicyclic) bond motifs is 2. The number of amidine groups is 1. The molecule has 0 aliphatic carbocycles. The molecule has 4 rings (SSSR count). The highest BCUT2D eigenvalue weighted by Gasteiger charge is 2.33. The summed E-state index contributed by atoms with van der Waals surface area (Å²) in [5.41, 5.74) is 2.25. The van der Waals surface area contributed by atoms with Gasteiger partial charge in [0.15, 0.2) is 5.17 Å². The molecule has 0 spiro atoms. The van der Waals surface area contributed by atoms with Crippen LogP contribution in [0, 0.1) is 0 Å². The van der Waals surface area contributed by atoms with Crippen LogP contribution >= 0.6 is 23.1 Å². The molecule has 0 unspecified atom stereocenters. The third-order valence-electron chi connectivity index (χ3n) is 3.75. The SMILES string of the molecule is COc1ccc(C2=C(CO)SC3=NCCN32)c2ccsc12. The number of aliphatic imine (C=N–C) groups is 1. The fourth-order valence-electron chi connectivity index (χ4n) is 2.84. The molecule has 4 nitrogen and oxygen atoms in total. The number of hydrogen-bond acceptors (Lipinski definition) is 6. The van der Waals surface area contributed by atoms with E-state index in [2.05, 4.69) is 27.4 Å². The van der Waals surface area contributed by atoms with E-state index in [-0.39, 0.29) is 6.61 Å². The van der Waals surface area contributed by atoms with Gasteiger partial charge in [-0.25, -0.2) is 0 Å². The molecule has 0 atom stereocenters. The van der Waals surface area contributed by atoms with Crippen LogP contribution in [-0.4, -0.2) is 42.0 Å². The lowest BCUT2D eigenvalue weighted by Crippen LogP contribution is -2.20. The Kier molecular flexibility index (Phi) is 3.17. The summed E-state index contributed by atoms with van der Waals surface area (Å²) in [7, 11) is 1.70. The van der Waals surface area contributed by atoms with E-state index < -0.39 is 0 Å². The largest absolute Gasteiger partial charge is 0.495 e. The lowest BCUT2D eigenvalue weighted by Gasteiger charge is -2.18. The van der Waals surface area contributed by atoms with Crippen molar-refractivity contribution in [1.82, 2.24) is 4.90 Å². The molecular weight excluding hydrogens is 304 g/mol. The topological polar surface area (TPSA) is 45.1 Å². The van der Waals surface area contributed by atoms with Crippen molar-refractivity contribution < 1.29 is 9.84 Å². The van der Waals surface area contributed by atoms with Crippen molar-refractivity contribution in [1.29, 1.82) is 0 Å². The van der Waals surface area contributed by atoms with Crippen molar-refractivity contribution in [3.05, 3.63) is 34.0 Å². The van der Waals surface area contributed by atoms with E-state index in [4.69, 9.17) is 4.74 Å². The van der Waals surface area contributed by atoms with Crippen molar-refractivity contribution >= 4 is 44.0 Å². The first-order valence-electron chi connectivity index (χ1n) is 6.72. The summed E-state index contributed by atoms with van der Waals surface area (Å²) in [4.78, 5) is 7.70. The first kappa shape index (κ1) is 13.2. The molecule has 21 heavy (non-hydrogen) atoms. The molecule has 1 aromatic heterocycles. The molecule has 2 aromatic rings. The Morgan fingerprint density at radius 1 is 1.38 bits per heavy atom. The second-order valence-electron chi connectivity index (χ2n) is 4.83. The van der Waals surface area contributed by atoms with Crippen LogP contribution in [0.3, 0.4) is 0 Å². The molecule has 2 aliphatic heterocycles. The van der Waals surface area contributed by atoms with E-state index in [1.807, 2.05) is 6.07 Å². The summed E-state index contributed by atoms with van der Waals surface area (Å²) in [6, 6.07) is 6.21. The molecule has 2 aliphatic rings. The average molecular weight is 318 g/mol. The lowest BCUT2D eigenvalue weighted by molar-refractivity contribution is 0.339. The van der Waals surface area contributed by atoms with Crippen molar-refractivity contribution in [2.24, 2.45) is 4.99 Å². The summed E-state index contributed by atoms with van der Waals surface area (Å²) < 4.78 is 6.59. The molecule has 0 bridgehead atoms. The summed E-state index contributed by atoms with van der Waals surface area (Å²) in [5, 5.41) is 14.0. The first-order valence-corrected chi connectivity index (χ1v) is 8.41. The minimum Gasteiger partial charge on any atom is -0.495 e. The number of nitrogens with zero attached hydrogens (tertiary/aromatic N) is 2. The van der Waals surface area contributed by atoms with Crippen molar-refractivity contribution in [3.63, 3.8) is 0 Å². The standard InChI is InChI=1S/C15H14N2O2S2/c1-19-11-3-2-9(10-4-7-20-14(10)11)13-12(8-18)21-15-16-5-6-17(13)15/h2-4,7,18H,5-6,8H2,1H3. The van der Waals surface area contributed by atoms with Crippen molar-refractivity contribution in [2.45, 2.75) is 0 Å². The zero-order chi connectivity index (χ0) is 14.4. The van der Waals surface area contributed by atoms with Gasteiger partial charge in [0.05, 0.1) is 30.7 Å². The zero-order valence-electron chi connectivity index (χ0n) is 11.5. The van der Waals surface area contributed by atoms with Gasteiger partial charge in [0.1, 0.15) is 5.75 Å². The minimum atomic E-state index is 0.0488. The van der Waals surface area contributed by atoms with Gasteiger partial charge in [0.2, 0.25) is 0 Å². The maximum Gasteiger partial charge on any atom is 0.168 e. The molecule has 1 N–H and O–H groups in total. The van der Waals surface area contributed by atoms with Gasteiger partial charge in [0.25, 0.3) is 0 Å². The highest BCUT2D eigenvalue weighted by atomic mass is 32.2. The minimum absolute atomic E-state index is 0.0488. The molecular formula is C15H14N2O2S2. The monoisotopic (exact) mass is 318 g/mol. The zero-order valence-corrected chi connectivity index (χ0v) is 13.1. The van der Waals surface area contributed by atoms with Gasteiger partial charge in [0, 0.05) is 22.4 Å². The van der Waals surface area contributed by atoms with Crippen LogP contribution in [0.25, 0.3) is 15.8 Å². The Bertz CT molecular complexity index is 779. The number of thioether (sulfide) groups is 1. The van der Waals surface area contributed by atoms with E-state index in [1.54, 1.807) is 30.2 Å². The van der Waals surface area contributed by atoms with Crippen LogP contribution < -0.4 is 4.74 Å². The summed E-state index contributed by atoms with van der Waals surface area (Å²) in [6.45, 7) is 1.76. The van der Waals surface area contributed by atoms with Gasteiger partial charge in [-0.05, 0) is 23.6 Å². The molecule has 0 saturated carbocycles. The van der Waals surface area contributed by atoms with E-state index in [9.17, 15) is 5.11 Å². The molecule has 0 radical (unpaired) electrons. The number of aliphatic hydroxyl groups excluding tert-OH is 1. The quantitative estimate of drug-likeness (QED) is 0.945. The van der Waals surface area contributed by atoms with Crippen LogP contribution in [0.2, 0.25) is 0 Å². The molecule has 0 saturated heterocycles. The van der Waals surface area contributed by atoms with Gasteiger partial charge in [-0.1, -0.05) is 11.8 Å². The second-order valence-corrected chi connectivity index (χ2v) is 6.80. The Hall–Kier alpha value is -1.50. The van der Waals surface area contributed by atoms with E-state index in [0.717, 1.165) is 44.9 Å². The molecule has 0 amide bonds. The fourth-order valence-corrected chi connectivity index (χ4v) is 4.80. The lowest BCUT2D eigenvalue weighted by atomic mass is 10.1. The Balaban J connectivity index is 1.93. The molecule has 6 heteroatoms. The number of methoxy groups -OCH3 is 1. The van der Waals surface area contributed by atoms with Crippen LogP contribution in [0.1, 0.15) is 5.56 Å². The number of ether oxygens (including phenoxy) is 1. The summed E-state index contributed by atoms with van der Waals surface area (Å²) >= 11 is 3.26. The molecule has 0 fully saturated rings. The van der Waals surface area contributed by atoms with Crippen LogP contribution in [-0.2, 0) is 0 Å². The van der Waals surface area contributed by atoms with Gasteiger partial charge >= 0.3 is 0 Å². The number of benzene rings is 1. The van der Waals surface area contributed by atoms with Gasteiger partial charge in [-0.2, -0.15) is 0 Å². The maximum atomic E-state index is 9.69. The molecule has 1 aromatic carbocycles. The molecule has 3 heterocycles. The number of hydrogen-bond donors (Lipinski definition) is 1. The number of thiophene rings is 1. The van der Waals surface area contributed by atoms with E-state index in [0.29, 0.717) is 0 Å². The number of aliphatic hydroxyl groups is 1. The van der Waals surface area contributed by atoms with E-state index in [1.165, 1.54) is 5.39 Å².